The molecule has 0 amide bonds. The van der Waals surface area contributed by atoms with E-state index in [1.54, 1.807) is 0 Å². The van der Waals surface area contributed by atoms with E-state index >= 15 is 0 Å². The van der Waals surface area contributed by atoms with Gasteiger partial charge in [-0.2, -0.15) is 0 Å². The Kier molecular flexibility index (Phi) is 6.96. The van der Waals surface area contributed by atoms with Crippen LogP contribution >= 0.6 is 0 Å². The maximum Gasteiger partial charge on any atom is 0.310 e. The van der Waals surface area contributed by atoms with Crippen molar-refractivity contribution in [1.29, 1.82) is 0 Å². The summed E-state index contributed by atoms with van der Waals surface area (Å²) >= 11 is 0. The monoisotopic (exact) mass is 258 g/mol. The summed E-state index contributed by atoms with van der Waals surface area (Å²) < 4.78 is 0. The van der Waals surface area contributed by atoms with E-state index in [2.05, 4.69) is 0 Å². The summed E-state index contributed by atoms with van der Waals surface area (Å²) in [7, 11) is 0. The Labute approximate surface area is 109 Å². The van der Waals surface area contributed by atoms with Gasteiger partial charge in [-0.1, -0.05) is 40.5 Å². The summed E-state index contributed by atoms with van der Waals surface area (Å²) in [6.45, 7) is 7.97. The van der Waals surface area contributed by atoms with Crippen LogP contribution in [0.5, 0.6) is 0 Å². The minimum absolute atomic E-state index is 0.226. The molecular formula is C14H26O4. The van der Waals surface area contributed by atoms with Gasteiger partial charge >= 0.3 is 11.9 Å². The van der Waals surface area contributed by atoms with Crippen LogP contribution in [0.2, 0.25) is 0 Å². The Bertz CT molecular complexity index is 274. The minimum atomic E-state index is -1.11. The summed E-state index contributed by atoms with van der Waals surface area (Å²) in [5.74, 6) is -1.54. The molecule has 0 bridgehead atoms. The van der Waals surface area contributed by atoms with E-state index in [0.717, 1.165) is 12.8 Å². The van der Waals surface area contributed by atoms with Crippen molar-refractivity contribution in [3.8, 4) is 0 Å². The smallest absolute Gasteiger partial charge is 0.310 e. The molecular weight excluding hydrogens is 232 g/mol. The highest BCUT2D eigenvalue weighted by atomic mass is 16.4. The molecule has 0 fully saturated rings. The molecule has 0 rings (SSSR count). The fourth-order valence-corrected chi connectivity index (χ4v) is 2.39. The zero-order chi connectivity index (χ0) is 14.3. The van der Waals surface area contributed by atoms with Crippen molar-refractivity contribution >= 4 is 11.9 Å². The van der Waals surface area contributed by atoms with E-state index in [0.29, 0.717) is 12.8 Å². The van der Waals surface area contributed by atoms with E-state index < -0.39 is 17.4 Å². The lowest BCUT2D eigenvalue weighted by molar-refractivity contribution is -0.158. The van der Waals surface area contributed by atoms with Gasteiger partial charge in [0.15, 0.2) is 0 Å². The molecule has 0 aliphatic heterocycles. The average Bonchev–Trinajstić information content (AvgIpc) is 2.27. The van der Waals surface area contributed by atoms with Gasteiger partial charge in [-0.3, -0.25) is 9.59 Å². The summed E-state index contributed by atoms with van der Waals surface area (Å²) in [4.78, 5) is 22.6. The van der Waals surface area contributed by atoms with E-state index in [-0.39, 0.29) is 18.3 Å². The van der Waals surface area contributed by atoms with Gasteiger partial charge in [-0.05, 0) is 24.7 Å². The zero-order valence-corrected chi connectivity index (χ0v) is 11.9. The molecule has 0 aromatic heterocycles. The van der Waals surface area contributed by atoms with E-state index in [9.17, 15) is 14.7 Å². The highest BCUT2D eigenvalue weighted by molar-refractivity contribution is 5.81. The zero-order valence-electron chi connectivity index (χ0n) is 11.9. The van der Waals surface area contributed by atoms with Crippen LogP contribution in [0.15, 0.2) is 0 Å². The Morgan fingerprint density at radius 2 is 1.39 bits per heavy atom. The molecule has 0 saturated carbocycles. The van der Waals surface area contributed by atoms with Crippen molar-refractivity contribution in [3.63, 3.8) is 0 Å². The second kappa shape index (κ2) is 7.39. The predicted molar refractivity (Wildman–Crippen MR) is 70.5 cm³/mol. The lowest BCUT2D eigenvalue weighted by atomic mass is 9.70. The van der Waals surface area contributed by atoms with Crippen molar-refractivity contribution in [3.05, 3.63) is 0 Å². The fraction of sp³-hybridized carbons (Fsp3) is 0.857. The Hall–Kier alpha value is -1.06. The highest BCUT2D eigenvalue weighted by Gasteiger charge is 2.42. The lowest BCUT2D eigenvalue weighted by Crippen LogP contribution is -2.37. The van der Waals surface area contributed by atoms with Crippen molar-refractivity contribution < 1.29 is 19.8 Å². The van der Waals surface area contributed by atoms with Gasteiger partial charge in [0, 0.05) is 0 Å². The van der Waals surface area contributed by atoms with E-state index in [1.807, 2.05) is 27.7 Å². The van der Waals surface area contributed by atoms with Crippen LogP contribution in [0.3, 0.4) is 0 Å². The fourth-order valence-electron chi connectivity index (χ4n) is 2.39. The quantitative estimate of drug-likeness (QED) is 0.664. The molecule has 2 atom stereocenters. The second-order valence-corrected chi connectivity index (χ2v) is 5.59. The van der Waals surface area contributed by atoms with Crippen LogP contribution in [-0.4, -0.2) is 22.2 Å². The first-order chi connectivity index (χ1) is 8.27. The van der Waals surface area contributed by atoms with Gasteiger partial charge in [0.25, 0.3) is 0 Å². The normalized spacial score (nSPS) is 17.8. The maximum absolute atomic E-state index is 11.6. The molecule has 0 radical (unpaired) electrons. The number of carboxylic acid groups (broad SMARTS) is 2. The molecule has 4 nitrogen and oxygen atoms in total. The first-order valence-corrected chi connectivity index (χ1v) is 6.72. The largest absolute Gasteiger partial charge is 0.481 e. The number of carbonyl (C=O) groups is 2. The molecule has 2 N–H and O–H groups in total. The minimum Gasteiger partial charge on any atom is -0.481 e. The molecule has 0 aliphatic rings. The molecule has 2 unspecified atom stereocenters. The third-order valence-corrected chi connectivity index (χ3v) is 3.82. The molecule has 0 aliphatic carbocycles. The highest BCUT2D eigenvalue weighted by Crippen LogP contribution is 2.39. The van der Waals surface area contributed by atoms with Crippen LogP contribution in [0.4, 0.5) is 0 Å². The van der Waals surface area contributed by atoms with Crippen LogP contribution < -0.4 is 0 Å². The topological polar surface area (TPSA) is 74.6 Å². The van der Waals surface area contributed by atoms with Crippen LogP contribution in [0.25, 0.3) is 0 Å². The first-order valence-electron chi connectivity index (χ1n) is 6.72. The molecule has 0 aromatic carbocycles. The van der Waals surface area contributed by atoms with Gasteiger partial charge in [0.05, 0.1) is 11.8 Å². The second-order valence-electron chi connectivity index (χ2n) is 5.59. The number of hydrogen-bond donors (Lipinski definition) is 2. The SMILES string of the molecule is CCC(C)CC(CC(=O)O)(CC(C)CC)C(=O)O. The summed E-state index contributed by atoms with van der Waals surface area (Å²) in [6.07, 6.45) is 2.34. The van der Waals surface area contributed by atoms with Gasteiger partial charge in [-0.15, -0.1) is 0 Å². The summed E-state index contributed by atoms with van der Waals surface area (Å²) in [6, 6.07) is 0. The number of carboxylic acids is 2. The standard InChI is InChI=1S/C14H26O4/c1-5-10(3)7-14(13(17)18,9-12(15)16)8-11(4)6-2/h10-11H,5-9H2,1-4H3,(H,15,16)(H,17,18). The van der Waals surface area contributed by atoms with Crippen LogP contribution in [0.1, 0.15) is 59.8 Å². The molecule has 0 saturated heterocycles. The molecule has 0 aromatic rings. The van der Waals surface area contributed by atoms with Crippen molar-refractivity contribution in [2.75, 3.05) is 0 Å². The number of rotatable bonds is 9. The summed E-state index contributed by atoms with van der Waals surface area (Å²) in [5.41, 5.74) is -1.11. The third-order valence-electron chi connectivity index (χ3n) is 3.82. The van der Waals surface area contributed by atoms with Crippen molar-refractivity contribution in [2.45, 2.75) is 59.8 Å². The Balaban J connectivity index is 5.14. The number of aliphatic carboxylic acids is 2. The molecule has 0 spiro atoms. The van der Waals surface area contributed by atoms with E-state index in [1.165, 1.54) is 0 Å². The molecule has 4 heteroatoms. The Morgan fingerprint density at radius 1 is 1.00 bits per heavy atom. The number of hydrogen-bond acceptors (Lipinski definition) is 2. The van der Waals surface area contributed by atoms with Crippen molar-refractivity contribution in [2.24, 2.45) is 17.3 Å². The first kappa shape index (κ1) is 16.9. The van der Waals surface area contributed by atoms with Crippen LogP contribution in [0, 0.1) is 17.3 Å². The van der Waals surface area contributed by atoms with Gasteiger partial charge < -0.3 is 10.2 Å². The van der Waals surface area contributed by atoms with E-state index in [4.69, 9.17) is 5.11 Å². The predicted octanol–water partition coefficient (Wildman–Crippen LogP) is 3.40. The van der Waals surface area contributed by atoms with Gasteiger partial charge in [0.1, 0.15) is 0 Å². The molecule has 18 heavy (non-hydrogen) atoms. The van der Waals surface area contributed by atoms with Crippen LogP contribution in [-0.2, 0) is 9.59 Å². The Morgan fingerprint density at radius 3 is 1.61 bits per heavy atom. The molecule has 106 valence electrons. The maximum atomic E-state index is 11.6. The van der Waals surface area contributed by atoms with Gasteiger partial charge in [-0.25, -0.2) is 0 Å². The van der Waals surface area contributed by atoms with Crippen molar-refractivity contribution in [1.82, 2.24) is 0 Å². The summed E-state index contributed by atoms with van der Waals surface area (Å²) in [5, 5.41) is 18.5. The van der Waals surface area contributed by atoms with Gasteiger partial charge in [0.2, 0.25) is 0 Å². The lowest BCUT2D eigenvalue weighted by Gasteiger charge is -2.32. The average molecular weight is 258 g/mol. The molecule has 0 heterocycles. The third kappa shape index (κ3) is 5.07.